The van der Waals surface area contributed by atoms with Gasteiger partial charge in [0, 0.05) is 43.6 Å². The largest absolute Gasteiger partial charge is 0.454 e. The van der Waals surface area contributed by atoms with Gasteiger partial charge in [-0.1, -0.05) is 23.2 Å². The van der Waals surface area contributed by atoms with E-state index >= 15 is 0 Å². The molecule has 26 heavy (non-hydrogen) atoms. The molecule has 4 rings (SSSR count). The SMILES string of the molecule is O=C(Nc1ccc2c(c1)OCO2)N1CCN(c2ccc(Cl)c(Cl)c2)CC1. The van der Waals surface area contributed by atoms with Gasteiger partial charge >= 0.3 is 6.03 Å². The Bertz CT molecular complexity index is 838. The Morgan fingerprint density at radius 3 is 2.46 bits per heavy atom. The van der Waals surface area contributed by atoms with Gasteiger partial charge in [0.05, 0.1) is 10.0 Å². The van der Waals surface area contributed by atoms with Crippen molar-refractivity contribution in [2.24, 2.45) is 0 Å². The molecule has 2 aliphatic rings. The number of nitrogens with one attached hydrogen (secondary N) is 1. The van der Waals surface area contributed by atoms with Crippen LogP contribution in [0.5, 0.6) is 11.5 Å². The van der Waals surface area contributed by atoms with Crippen molar-refractivity contribution in [1.29, 1.82) is 0 Å². The van der Waals surface area contributed by atoms with Crippen LogP contribution in [0.15, 0.2) is 36.4 Å². The molecule has 0 atom stereocenters. The molecule has 2 aromatic carbocycles. The number of anilines is 2. The molecular formula is C18H17Cl2N3O3. The molecule has 0 radical (unpaired) electrons. The van der Waals surface area contributed by atoms with E-state index in [0.717, 1.165) is 18.8 Å². The number of hydrogen-bond donors (Lipinski definition) is 1. The van der Waals surface area contributed by atoms with Crippen molar-refractivity contribution in [2.45, 2.75) is 0 Å². The lowest BCUT2D eigenvalue weighted by Crippen LogP contribution is -2.50. The predicted octanol–water partition coefficient (Wildman–Crippen LogP) is 4.08. The summed E-state index contributed by atoms with van der Waals surface area (Å²) >= 11 is 12.1. The second kappa shape index (κ2) is 7.13. The molecular weight excluding hydrogens is 377 g/mol. The predicted molar refractivity (Wildman–Crippen MR) is 102 cm³/mol. The summed E-state index contributed by atoms with van der Waals surface area (Å²) in [5, 5.41) is 3.98. The number of carbonyl (C=O) groups is 1. The molecule has 2 amide bonds. The smallest absolute Gasteiger partial charge is 0.321 e. The number of urea groups is 1. The first-order valence-electron chi connectivity index (χ1n) is 8.26. The summed E-state index contributed by atoms with van der Waals surface area (Å²) < 4.78 is 10.6. The van der Waals surface area contributed by atoms with Gasteiger partial charge in [0.15, 0.2) is 11.5 Å². The minimum Gasteiger partial charge on any atom is -0.454 e. The molecule has 1 N–H and O–H groups in total. The van der Waals surface area contributed by atoms with Crippen molar-refractivity contribution in [1.82, 2.24) is 4.90 Å². The molecule has 0 spiro atoms. The molecule has 2 aliphatic heterocycles. The van der Waals surface area contributed by atoms with Crippen molar-refractivity contribution < 1.29 is 14.3 Å². The van der Waals surface area contributed by atoms with Gasteiger partial charge in [-0.2, -0.15) is 0 Å². The van der Waals surface area contributed by atoms with Crippen molar-refractivity contribution >= 4 is 40.6 Å². The van der Waals surface area contributed by atoms with Crippen LogP contribution in [-0.4, -0.2) is 43.9 Å². The standard InChI is InChI=1S/C18H17Cl2N3O3/c19-14-3-2-13(10-15(14)20)22-5-7-23(8-6-22)18(24)21-12-1-4-16-17(9-12)26-11-25-16/h1-4,9-10H,5-8,11H2,(H,21,24). The molecule has 2 heterocycles. The lowest BCUT2D eigenvalue weighted by molar-refractivity contribution is 0.174. The zero-order chi connectivity index (χ0) is 18.1. The first-order chi connectivity index (χ1) is 12.6. The van der Waals surface area contributed by atoms with Crippen LogP contribution < -0.4 is 19.7 Å². The van der Waals surface area contributed by atoms with Crippen molar-refractivity contribution in [2.75, 3.05) is 43.2 Å². The number of fused-ring (bicyclic) bond motifs is 1. The second-order valence-electron chi connectivity index (χ2n) is 6.07. The van der Waals surface area contributed by atoms with E-state index in [-0.39, 0.29) is 12.8 Å². The van der Waals surface area contributed by atoms with Gasteiger partial charge in [0.25, 0.3) is 0 Å². The van der Waals surface area contributed by atoms with Crippen molar-refractivity contribution in [3.8, 4) is 11.5 Å². The number of hydrogen-bond acceptors (Lipinski definition) is 4. The number of rotatable bonds is 2. The van der Waals surface area contributed by atoms with Gasteiger partial charge in [-0.15, -0.1) is 0 Å². The van der Waals surface area contributed by atoms with Crippen LogP contribution in [0.4, 0.5) is 16.2 Å². The fourth-order valence-corrected chi connectivity index (χ4v) is 3.32. The minimum atomic E-state index is -0.127. The van der Waals surface area contributed by atoms with E-state index in [9.17, 15) is 4.79 Å². The molecule has 0 bridgehead atoms. The number of benzene rings is 2. The van der Waals surface area contributed by atoms with Gasteiger partial charge in [0.2, 0.25) is 6.79 Å². The Labute approximate surface area is 161 Å². The minimum absolute atomic E-state index is 0.127. The van der Waals surface area contributed by atoms with Crippen LogP contribution in [0.25, 0.3) is 0 Å². The van der Waals surface area contributed by atoms with E-state index in [4.69, 9.17) is 32.7 Å². The van der Waals surface area contributed by atoms with Gasteiger partial charge in [-0.25, -0.2) is 4.79 Å². The highest BCUT2D eigenvalue weighted by Crippen LogP contribution is 2.34. The molecule has 1 fully saturated rings. The van der Waals surface area contributed by atoms with E-state index in [1.54, 1.807) is 29.2 Å². The average Bonchev–Trinajstić information content (AvgIpc) is 3.12. The number of nitrogens with zero attached hydrogens (tertiary/aromatic N) is 2. The highest BCUT2D eigenvalue weighted by atomic mass is 35.5. The summed E-state index contributed by atoms with van der Waals surface area (Å²) in [7, 11) is 0. The lowest BCUT2D eigenvalue weighted by atomic mass is 10.2. The van der Waals surface area contributed by atoms with E-state index in [2.05, 4.69) is 10.2 Å². The topological polar surface area (TPSA) is 54.0 Å². The quantitative estimate of drug-likeness (QED) is 0.834. The van der Waals surface area contributed by atoms with E-state index < -0.39 is 0 Å². The maximum Gasteiger partial charge on any atom is 0.321 e. The number of amides is 2. The maximum atomic E-state index is 12.5. The van der Waals surface area contributed by atoms with E-state index in [1.165, 1.54) is 0 Å². The zero-order valence-corrected chi connectivity index (χ0v) is 15.4. The van der Waals surface area contributed by atoms with Crippen LogP contribution in [0.3, 0.4) is 0 Å². The molecule has 136 valence electrons. The fraction of sp³-hybridized carbons (Fsp3) is 0.278. The molecule has 0 aromatic heterocycles. The van der Waals surface area contributed by atoms with Gasteiger partial charge < -0.3 is 24.6 Å². The number of carbonyl (C=O) groups excluding carboxylic acids is 1. The first kappa shape index (κ1) is 17.1. The summed E-state index contributed by atoms with van der Waals surface area (Å²) in [5.74, 6) is 1.34. The number of ether oxygens (including phenoxy) is 2. The summed E-state index contributed by atoms with van der Waals surface area (Å²) in [6.45, 7) is 2.91. The summed E-state index contributed by atoms with van der Waals surface area (Å²) in [4.78, 5) is 16.5. The first-order valence-corrected chi connectivity index (χ1v) is 9.01. The third-order valence-corrected chi connectivity index (χ3v) is 5.20. The molecule has 1 saturated heterocycles. The molecule has 6 nitrogen and oxygen atoms in total. The summed E-state index contributed by atoms with van der Waals surface area (Å²) in [6, 6.07) is 10.8. The Morgan fingerprint density at radius 2 is 1.69 bits per heavy atom. The van der Waals surface area contributed by atoms with Crippen molar-refractivity contribution in [3.05, 3.63) is 46.4 Å². The second-order valence-corrected chi connectivity index (χ2v) is 6.89. The Kier molecular flexibility index (Phi) is 4.70. The highest BCUT2D eigenvalue weighted by molar-refractivity contribution is 6.42. The summed E-state index contributed by atoms with van der Waals surface area (Å²) in [6.07, 6.45) is 0. The van der Waals surface area contributed by atoms with Gasteiger partial charge in [-0.05, 0) is 30.3 Å². The van der Waals surface area contributed by atoms with Crippen molar-refractivity contribution in [3.63, 3.8) is 0 Å². The average molecular weight is 394 g/mol. The van der Waals surface area contributed by atoms with Crippen LogP contribution in [0, 0.1) is 0 Å². The molecule has 0 aliphatic carbocycles. The van der Waals surface area contributed by atoms with E-state index in [1.807, 2.05) is 12.1 Å². The monoisotopic (exact) mass is 393 g/mol. The lowest BCUT2D eigenvalue weighted by Gasteiger charge is -2.36. The molecule has 0 unspecified atom stereocenters. The fourth-order valence-electron chi connectivity index (χ4n) is 3.03. The highest BCUT2D eigenvalue weighted by Gasteiger charge is 2.22. The number of piperazine rings is 1. The van der Waals surface area contributed by atoms with Crippen LogP contribution in [-0.2, 0) is 0 Å². The van der Waals surface area contributed by atoms with Crippen LogP contribution in [0.2, 0.25) is 10.0 Å². The molecule has 0 saturated carbocycles. The molecule has 2 aromatic rings. The Balaban J connectivity index is 1.35. The van der Waals surface area contributed by atoms with E-state index in [0.29, 0.717) is 40.3 Å². The maximum absolute atomic E-state index is 12.5. The third kappa shape index (κ3) is 3.48. The number of halogens is 2. The van der Waals surface area contributed by atoms with Gasteiger partial charge in [-0.3, -0.25) is 0 Å². The third-order valence-electron chi connectivity index (χ3n) is 4.46. The zero-order valence-electron chi connectivity index (χ0n) is 13.9. The Morgan fingerprint density at radius 1 is 0.923 bits per heavy atom. The van der Waals surface area contributed by atoms with Gasteiger partial charge in [0.1, 0.15) is 0 Å². The Hall–Kier alpha value is -2.31. The molecule has 8 heteroatoms. The van der Waals surface area contributed by atoms with Crippen LogP contribution in [0.1, 0.15) is 0 Å². The normalized spacial score (nSPS) is 15.9. The van der Waals surface area contributed by atoms with Crippen LogP contribution >= 0.6 is 23.2 Å². The summed E-state index contributed by atoms with van der Waals surface area (Å²) in [5.41, 5.74) is 1.70.